The lowest BCUT2D eigenvalue weighted by atomic mass is 10.1. The van der Waals surface area contributed by atoms with Crippen molar-refractivity contribution >= 4 is 11.7 Å². The first-order valence-corrected chi connectivity index (χ1v) is 7.07. The number of hydrogen-bond donors (Lipinski definition) is 2. The smallest absolute Gasteiger partial charge is 0.242 e. The number of nitrogens with zero attached hydrogens (tertiary/aromatic N) is 2. The molecule has 5 heteroatoms. The SMILES string of the molecule is CCCc1cnc(C)nc1NC1CCCCNC1=O. The predicted molar refractivity (Wildman–Crippen MR) is 75.0 cm³/mol. The van der Waals surface area contributed by atoms with Crippen molar-refractivity contribution in [1.29, 1.82) is 0 Å². The van der Waals surface area contributed by atoms with Crippen LogP contribution in [0.25, 0.3) is 0 Å². The van der Waals surface area contributed by atoms with Crippen LogP contribution in [-0.4, -0.2) is 28.5 Å². The Kier molecular flexibility index (Phi) is 4.71. The highest BCUT2D eigenvalue weighted by Gasteiger charge is 2.21. The zero-order valence-corrected chi connectivity index (χ0v) is 11.7. The second-order valence-electron chi connectivity index (χ2n) is 5.02. The van der Waals surface area contributed by atoms with Gasteiger partial charge in [-0.05, 0) is 32.6 Å². The number of aromatic nitrogens is 2. The fourth-order valence-electron chi connectivity index (χ4n) is 2.31. The zero-order chi connectivity index (χ0) is 13.7. The van der Waals surface area contributed by atoms with E-state index in [1.807, 2.05) is 13.1 Å². The quantitative estimate of drug-likeness (QED) is 0.868. The number of carbonyl (C=O) groups is 1. The van der Waals surface area contributed by atoms with E-state index in [2.05, 4.69) is 27.5 Å². The molecule has 1 unspecified atom stereocenters. The molecule has 1 aromatic heterocycles. The number of nitrogens with one attached hydrogen (secondary N) is 2. The van der Waals surface area contributed by atoms with Gasteiger partial charge in [-0.2, -0.15) is 0 Å². The van der Waals surface area contributed by atoms with E-state index in [9.17, 15) is 4.79 Å². The monoisotopic (exact) mass is 262 g/mol. The highest BCUT2D eigenvalue weighted by Crippen LogP contribution is 2.17. The maximum atomic E-state index is 12.0. The van der Waals surface area contributed by atoms with Gasteiger partial charge in [0.15, 0.2) is 0 Å². The van der Waals surface area contributed by atoms with E-state index >= 15 is 0 Å². The average Bonchev–Trinajstić information content (AvgIpc) is 2.59. The van der Waals surface area contributed by atoms with Crippen molar-refractivity contribution in [2.75, 3.05) is 11.9 Å². The van der Waals surface area contributed by atoms with Crippen molar-refractivity contribution in [2.24, 2.45) is 0 Å². The van der Waals surface area contributed by atoms with E-state index in [1.165, 1.54) is 0 Å². The van der Waals surface area contributed by atoms with E-state index in [1.54, 1.807) is 0 Å². The molecule has 2 rings (SSSR count). The van der Waals surface area contributed by atoms with Crippen LogP contribution in [0.5, 0.6) is 0 Å². The molecule has 0 aliphatic carbocycles. The standard InChI is InChI=1S/C14H22N4O/c1-3-6-11-9-16-10(2)17-13(11)18-12-7-4-5-8-15-14(12)19/h9,12H,3-8H2,1-2H3,(H,15,19)(H,16,17,18). The van der Waals surface area contributed by atoms with Crippen LogP contribution in [-0.2, 0) is 11.2 Å². The third-order valence-corrected chi connectivity index (χ3v) is 3.35. The van der Waals surface area contributed by atoms with Gasteiger partial charge in [-0.1, -0.05) is 13.3 Å². The Balaban J connectivity index is 2.16. The lowest BCUT2D eigenvalue weighted by Crippen LogP contribution is -2.38. The Morgan fingerprint density at radius 1 is 1.47 bits per heavy atom. The summed E-state index contributed by atoms with van der Waals surface area (Å²) < 4.78 is 0. The van der Waals surface area contributed by atoms with Crippen molar-refractivity contribution in [3.05, 3.63) is 17.6 Å². The molecule has 5 nitrogen and oxygen atoms in total. The average molecular weight is 262 g/mol. The number of anilines is 1. The van der Waals surface area contributed by atoms with Crippen LogP contribution in [0.1, 0.15) is 44.0 Å². The molecule has 1 amide bonds. The highest BCUT2D eigenvalue weighted by molar-refractivity contribution is 5.84. The van der Waals surface area contributed by atoms with Crippen molar-refractivity contribution in [2.45, 2.75) is 52.0 Å². The summed E-state index contributed by atoms with van der Waals surface area (Å²) in [5.74, 6) is 1.63. The molecule has 1 fully saturated rings. The zero-order valence-electron chi connectivity index (χ0n) is 11.7. The molecule has 19 heavy (non-hydrogen) atoms. The predicted octanol–water partition coefficient (Wildman–Crippen LogP) is 1.82. The van der Waals surface area contributed by atoms with Gasteiger partial charge < -0.3 is 10.6 Å². The van der Waals surface area contributed by atoms with E-state index in [-0.39, 0.29) is 11.9 Å². The molecule has 1 atom stereocenters. The normalized spacial score (nSPS) is 19.7. The molecule has 0 radical (unpaired) electrons. The minimum atomic E-state index is -0.174. The number of rotatable bonds is 4. The molecule has 0 saturated carbocycles. The highest BCUT2D eigenvalue weighted by atomic mass is 16.2. The number of carbonyl (C=O) groups excluding carboxylic acids is 1. The summed E-state index contributed by atoms with van der Waals surface area (Å²) in [6.45, 7) is 4.78. The molecule has 2 heterocycles. The van der Waals surface area contributed by atoms with Crippen LogP contribution in [0.3, 0.4) is 0 Å². The van der Waals surface area contributed by atoms with Gasteiger partial charge in [-0.3, -0.25) is 4.79 Å². The van der Waals surface area contributed by atoms with E-state index in [0.29, 0.717) is 0 Å². The van der Waals surface area contributed by atoms with E-state index in [4.69, 9.17) is 0 Å². The van der Waals surface area contributed by atoms with Gasteiger partial charge in [0, 0.05) is 18.3 Å². The maximum absolute atomic E-state index is 12.0. The second-order valence-corrected chi connectivity index (χ2v) is 5.02. The van der Waals surface area contributed by atoms with Crippen LogP contribution in [0.15, 0.2) is 6.20 Å². The van der Waals surface area contributed by atoms with Crippen LogP contribution in [0.2, 0.25) is 0 Å². The lowest BCUT2D eigenvalue weighted by Gasteiger charge is -2.18. The summed E-state index contributed by atoms with van der Waals surface area (Å²) in [6.07, 6.45) is 6.80. The second kappa shape index (κ2) is 6.50. The Labute approximate surface area is 114 Å². The van der Waals surface area contributed by atoms with Gasteiger partial charge in [0.2, 0.25) is 5.91 Å². The summed E-state index contributed by atoms with van der Waals surface area (Å²) in [5, 5.41) is 6.24. The Hall–Kier alpha value is -1.65. The summed E-state index contributed by atoms with van der Waals surface area (Å²) >= 11 is 0. The molecule has 1 aliphatic rings. The van der Waals surface area contributed by atoms with Gasteiger partial charge in [-0.15, -0.1) is 0 Å². The molecule has 0 aromatic carbocycles. The van der Waals surface area contributed by atoms with Crippen LogP contribution in [0.4, 0.5) is 5.82 Å². The van der Waals surface area contributed by atoms with Gasteiger partial charge in [0.1, 0.15) is 17.7 Å². The third kappa shape index (κ3) is 3.66. The molecule has 1 aliphatic heterocycles. The van der Waals surface area contributed by atoms with E-state index < -0.39 is 0 Å². The van der Waals surface area contributed by atoms with Gasteiger partial charge in [-0.25, -0.2) is 9.97 Å². The number of hydrogen-bond acceptors (Lipinski definition) is 4. The summed E-state index contributed by atoms with van der Waals surface area (Å²) in [7, 11) is 0. The Morgan fingerprint density at radius 3 is 3.11 bits per heavy atom. The molecule has 0 bridgehead atoms. The van der Waals surface area contributed by atoms with Crippen molar-refractivity contribution in [3.8, 4) is 0 Å². The van der Waals surface area contributed by atoms with Crippen molar-refractivity contribution in [1.82, 2.24) is 15.3 Å². The fourth-order valence-corrected chi connectivity index (χ4v) is 2.31. The summed E-state index contributed by atoms with van der Waals surface area (Å²) in [4.78, 5) is 20.6. The molecule has 2 N–H and O–H groups in total. The lowest BCUT2D eigenvalue weighted by molar-refractivity contribution is -0.121. The van der Waals surface area contributed by atoms with Gasteiger partial charge in [0.25, 0.3) is 0 Å². The maximum Gasteiger partial charge on any atom is 0.242 e. The minimum Gasteiger partial charge on any atom is -0.358 e. The first-order valence-electron chi connectivity index (χ1n) is 7.07. The molecule has 1 aromatic rings. The first kappa shape index (κ1) is 13.8. The number of amides is 1. The van der Waals surface area contributed by atoms with Gasteiger partial charge in [0.05, 0.1) is 0 Å². The van der Waals surface area contributed by atoms with Crippen LogP contribution in [0, 0.1) is 6.92 Å². The Bertz CT molecular complexity index is 447. The molecular formula is C14H22N4O. The van der Waals surface area contributed by atoms with Crippen molar-refractivity contribution < 1.29 is 4.79 Å². The topological polar surface area (TPSA) is 66.9 Å². The largest absolute Gasteiger partial charge is 0.358 e. The third-order valence-electron chi connectivity index (χ3n) is 3.35. The fraction of sp³-hybridized carbons (Fsp3) is 0.643. The molecular weight excluding hydrogens is 240 g/mol. The summed E-state index contributed by atoms with van der Waals surface area (Å²) in [5.41, 5.74) is 1.09. The molecule has 1 saturated heterocycles. The van der Waals surface area contributed by atoms with Crippen LogP contribution < -0.4 is 10.6 Å². The molecule has 104 valence electrons. The Morgan fingerprint density at radius 2 is 2.32 bits per heavy atom. The van der Waals surface area contributed by atoms with Crippen molar-refractivity contribution in [3.63, 3.8) is 0 Å². The van der Waals surface area contributed by atoms with E-state index in [0.717, 1.165) is 55.9 Å². The van der Waals surface area contributed by atoms with Crippen LogP contribution >= 0.6 is 0 Å². The summed E-state index contributed by atoms with van der Waals surface area (Å²) in [6, 6.07) is -0.174. The first-order chi connectivity index (χ1) is 9.20. The van der Waals surface area contributed by atoms with Gasteiger partial charge >= 0.3 is 0 Å². The molecule has 0 spiro atoms. The minimum absolute atomic E-state index is 0.0798. The number of aryl methyl sites for hydroxylation is 2.